The maximum atomic E-state index is 14.6. The number of carbonyl (C=O) groups excluding carboxylic acids is 3. The van der Waals surface area contributed by atoms with E-state index in [9.17, 15) is 62.3 Å². The van der Waals surface area contributed by atoms with Gasteiger partial charge in [0.1, 0.15) is 22.2 Å². The molecule has 5 rings (SSSR count). The summed E-state index contributed by atoms with van der Waals surface area (Å²) in [6.45, 7) is -2.55. The number of likely N-dealkylation sites (N-methyl/N-ethyl adjacent to an activating group) is 1. The second kappa shape index (κ2) is 14.9. The van der Waals surface area contributed by atoms with Gasteiger partial charge in [0, 0.05) is 50.3 Å². The number of alkyl halides is 6. The lowest BCUT2D eigenvalue weighted by molar-refractivity contribution is -0.392. The lowest BCUT2D eigenvalue weighted by Crippen LogP contribution is -2.56. The minimum absolute atomic E-state index is 0.0305. The van der Waals surface area contributed by atoms with Crippen molar-refractivity contribution in [3.8, 4) is 0 Å². The number of nitrogens with zero attached hydrogens (tertiary/aromatic N) is 2. The lowest BCUT2D eigenvalue weighted by Gasteiger charge is -2.38. The molecule has 2 aliphatic rings. The minimum atomic E-state index is -6.26. The van der Waals surface area contributed by atoms with Gasteiger partial charge < -0.3 is 19.9 Å². The standard InChI is InChI=1S/C35H32F9N3O6S/c1-45-29(48)31(50)46-16-13-21(14-17-46)30(49)47-18-15-32(20-47,54(51,52)25-11-9-24(36)10-12-25)22-5-7-23(8-6-22)33(34(39,40)41,35(42,43)44)53-19-26-27(37)3-2-4-28(26)38/h2-12,21H,13-20H2,1H3,(H,45,48)/t32-/m0/s1. The highest BCUT2D eigenvalue weighted by molar-refractivity contribution is 7.92. The van der Waals surface area contributed by atoms with Crippen LogP contribution in [0.25, 0.3) is 0 Å². The fraction of sp³-hybridized carbons (Fsp3) is 0.400. The third kappa shape index (κ3) is 7.14. The molecule has 1 N–H and O–H groups in total. The van der Waals surface area contributed by atoms with Gasteiger partial charge in [-0.25, -0.2) is 21.6 Å². The molecule has 0 unspecified atom stereocenters. The molecule has 2 saturated heterocycles. The van der Waals surface area contributed by atoms with Crippen molar-refractivity contribution in [3.05, 3.63) is 101 Å². The number of sulfone groups is 1. The van der Waals surface area contributed by atoms with E-state index in [1.54, 1.807) is 0 Å². The lowest BCUT2D eigenvalue weighted by atomic mass is 9.88. The molecule has 19 heteroatoms. The predicted molar refractivity (Wildman–Crippen MR) is 171 cm³/mol. The van der Waals surface area contributed by atoms with E-state index in [0.29, 0.717) is 36.4 Å². The maximum absolute atomic E-state index is 14.6. The van der Waals surface area contributed by atoms with Crippen LogP contribution in [-0.2, 0) is 45.9 Å². The van der Waals surface area contributed by atoms with Crippen molar-refractivity contribution >= 4 is 27.6 Å². The highest BCUT2D eigenvalue weighted by atomic mass is 32.2. The molecule has 2 aliphatic heterocycles. The normalized spacial score (nSPS) is 18.9. The second-order valence-corrected chi connectivity index (χ2v) is 15.1. The predicted octanol–water partition coefficient (Wildman–Crippen LogP) is 5.53. The first kappa shape index (κ1) is 40.5. The first-order chi connectivity index (χ1) is 25.2. The fourth-order valence-electron chi connectivity index (χ4n) is 6.85. The number of nitrogens with one attached hydrogen (secondary N) is 1. The van der Waals surface area contributed by atoms with E-state index < -0.39 is 103 Å². The Labute approximate surface area is 303 Å². The summed E-state index contributed by atoms with van der Waals surface area (Å²) in [5, 5.41) is 2.21. The summed E-state index contributed by atoms with van der Waals surface area (Å²) in [5.74, 6) is -6.63. The molecule has 54 heavy (non-hydrogen) atoms. The van der Waals surface area contributed by atoms with Gasteiger partial charge >= 0.3 is 24.2 Å². The van der Waals surface area contributed by atoms with E-state index in [-0.39, 0.29) is 44.5 Å². The number of hydrogen-bond acceptors (Lipinski definition) is 6. The number of benzene rings is 3. The van der Waals surface area contributed by atoms with Gasteiger partial charge in [0.2, 0.25) is 5.91 Å². The molecule has 292 valence electrons. The van der Waals surface area contributed by atoms with Gasteiger partial charge in [0.25, 0.3) is 5.60 Å². The molecule has 0 spiro atoms. The zero-order valence-electron chi connectivity index (χ0n) is 28.2. The Balaban J connectivity index is 1.53. The monoisotopic (exact) mass is 793 g/mol. The van der Waals surface area contributed by atoms with Crippen LogP contribution in [0.1, 0.15) is 36.0 Å². The Morgan fingerprint density at radius 2 is 1.37 bits per heavy atom. The van der Waals surface area contributed by atoms with Crippen molar-refractivity contribution in [1.82, 2.24) is 15.1 Å². The Bertz CT molecular complexity index is 1970. The third-order valence-corrected chi connectivity index (χ3v) is 12.3. The van der Waals surface area contributed by atoms with Crippen LogP contribution in [-0.4, -0.2) is 81.5 Å². The van der Waals surface area contributed by atoms with Crippen molar-refractivity contribution in [2.24, 2.45) is 5.92 Å². The van der Waals surface area contributed by atoms with Crippen molar-refractivity contribution in [1.29, 1.82) is 0 Å². The topological polar surface area (TPSA) is 113 Å². The van der Waals surface area contributed by atoms with E-state index in [0.717, 1.165) is 30.3 Å². The van der Waals surface area contributed by atoms with Crippen LogP contribution < -0.4 is 5.32 Å². The smallest absolute Gasteiger partial charge is 0.351 e. The molecular formula is C35H32F9N3O6S. The molecule has 9 nitrogen and oxygen atoms in total. The van der Waals surface area contributed by atoms with E-state index in [1.807, 2.05) is 0 Å². The Kier molecular flexibility index (Phi) is 11.2. The molecule has 1 atom stereocenters. The van der Waals surface area contributed by atoms with Gasteiger partial charge in [-0.15, -0.1) is 0 Å². The molecule has 0 bridgehead atoms. The summed E-state index contributed by atoms with van der Waals surface area (Å²) in [4.78, 5) is 39.7. The summed E-state index contributed by atoms with van der Waals surface area (Å²) < 4.78 is 161. The number of amides is 3. The van der Waals surface area contributed by atoms with Crippen molar-refractivity contribution in [2.75, 3.05) is 33.2 Å². The minimum Gasteiger partial charge on any atom is -0.351 e. The zero-order chi connectivity index (χ0) is 39.9. The van der Waals surface area contributed by atoms with E-state index in [2.05, 4.69) is 10.1 Å². The third-order valence-electron chi connectivity index (χ3n) is 9.85. The second-order valence-electron chi connectivity index (χ2n) is 12.8. The average Bonchev–Trinajstić information content (AvgIpc) is 3.59. The molecule has 3 aromatic rings. The highest BCUT2D eigenvalue weighted by Gasteiger charge is 2.73. The summed E-state index contributed by atoms with van der Waals surface area (Å²) >= 11 is 0. The van der Waals surface area contributed by atoms with Gasteiger partial charge in [0.15, 0.2) is 9.84 Å². The molecular weight excluding hydrogens is 761 g/mol. The van der Waals surface area contributed by atoms with Crippen LogP contribution in [0, 0.1) is 23.4 Å². The number of rotatable bonds is 8. The zero-order valence-corrected chi connectivity index (χ0v) is 29.1. The molecule has 0 saturated carbocycles. The maximum Gasteiger partial charge on any atom is 0.430 e. The number of ether oxygens (including phenoxy) is 1. The van der Waals surface area contributed by atoms with Gasteiger partial charge in [-0.3, -0.25) is 14.4 Å². The van der Waals surface area contributed by atoms with Crippen molar-refractivity contribution in [2.45, 2.75) is 53.5 Å². The largest absolute Gasteiger partial charge is 0.430 e. The SMILES string of the molecule is CNC(=O)C(=O)N1CCC(C(=O)N2CC[C@](c3ccc(C(OCc4c(F)cccc4F)(C(F)(F)F)C(F)(F)F)cc3)(S(=O)(=O)c3ccc(F)cc3)C2)CC1. The van der Waals surface area contributed by atoms with Crippen LogP contribution >= 0.6 is 0 Å². The van der Waals surface area contributed by atoms with Crippen LogP contribution in [0.15, 0.2) is 71.6 Å². The summed E-state index contributed by atoms with van der Waals surface area (Å²) in [5.41, 5.74) is -8.23. The molecule has 3 aromatic carbocycles. The molecule has 0 radical (unpaired) electrons. The van der Waals surface area contributed by atoms with Gasteiger partial charge in [-0.05, 0) is 61.2 Å². The molecule has 2 fully saturated rings. The molecule has 3 amide bonds. The Hall–Kier alpha value is -4.65. The van der Waals surface area contributed by atoms with Crippen LogP contribution in [0.4, 0.5) is 39.5 Å². The number of carbonyl (C=O) groups is 3. The number of hydrogen-bond donors (Lipinski definition) is 1. The number of likely N-dealkylation sites (tertiary alicyclic amines) is 2. The van der Waals surface area contributed by atoms with Gasteiger partial charge in [-0.2, -0.15) is 26.3 Å². The Morgan fingerprint density at radius 3 is 1.89 bits per heavy atom. The summed E-state index contributed by atoms with van der Waals surface area (Å²) in [6, 6.07) is 7.75. The summed E-state index contributed by atoms with van der Waals surface area (Å²) in [7, 11) is -3.40. The van der Waals surface area contributed by atoms with Crippen molar-refractivity contribution < 1.29 is 67.1 Å². The number of halogens is 9. The molecule has 2 heterocycles. The fourth-order valence-corrected chi connectivity index (χ4v) is 8.93. The molecule has 0 aliphatic carbocycles. The molecule has 0 aromatic heterocycles. The van der Waals surface area contributed by atoms with Crippen molar-refractivity contribution in [3.63, 3.8) is 0 Å². The average molecular weight is 794 g/mol. The first-order valence-corrected chi connectivity index (χ1v) is 17.8. The number of piperidine rings is 1. The highest BCUT2D eigenvalue weighted by Crippen LogP contribution is 2.54. The van der Waals surface area contributed by atoms with Crippen LogP contribution in [0.2, 0.25) is 0 Å². The van der Waals surface area contributed by atoms with Crippen LogP contribution in [0.3, 0.4) is 0 Å². The first-order valence-electron chi connectivity index (χ1n) is 16.3. The van der Waals surface area contributed by atoms with Gasteiger partial charge in [-0.1, -0.05) is 30.3 Å². The van der Waals surface area contributed by atoms with E-state index in [1.165, 1.54) is 16.8 Å². The van der Waals surface area contributed by atoms with Gasteiger partial charge in [0.05, 0.1) is 11.5 Å². The van der Waals surface area contributed by atoms with E-state index in [4.69, 9.17) is 0 Å². The van der Waals surface area contributed by atoms with Crippen LogP contribution in [0.5, 0.6) is 0 Å². The summed E-state index contributed by atoms with van der Waals surface area (Å²) in [6.07, 6.45) is -12.7. The van der Waals surface area contributed by atoms with E-state index >= 15 is 0 Å². The quantitative estimate of drug-likeness (QED) is 0.183. The Morgan fingerprint density at radius 1 is 0.815 bits per heavy atom.